The van der Waals surface area contributed by atoms with Crippen LogP contribution in [0.5, 0.6) is 11.5 Å². The van der Waals surface area contributed by atoms with Gasteiger partial charge in [-0.2, -0.15) is 0 Å². The average Bonchev–Trinajstić information content (AvgIpc) is 2.55. The van der Waals surface area contributed by atoms with Crippen LogP contribution in [-0.4, -0.2) is 49.2 Å². The summed E-state index contributed by atoms with van der Waals surface area (Å²) in [6.07, 6.45) is 0.833. The predicted octanol–water partition coefficient (Wildman–Crippen LogP) is 3.29. The monoisotopic (exact) mass is 351 g/mol. The van der Waals surface area contributed by atoms with Crippen molar-refractivity contribution in [1.82, 2.24) is 4.90 Å². The maximum atomic E-state index is 12.9. The van der Waals surface area contributed by atoms with Gasteiger partial charge in [0.15, 0.2) is 0 Å². The molecule has 0 N–H and O–H groups in total. The third-order valence-electron chi connectivity index (χ3n) is 3.38. The number of nitrogens with zero attached hydrogens (tertiary/aromatic N) is 1. The number of carbonyl (C=O) groups excluding carboxylic acids is 2. The van der Waals surface area contributed by atoms with E-state index in [0.717, 1.165) is 6.42 Å². The molecule has 0 aliphatic rings. The number of esters is 1. The first-order chi connectivity index (χ1) is 11.8. The largest absolute Gasteiger partial charge is 0.493 e. The molecule has 0 aliphatic carbocycles. The summed E-state index contributed by atoms with van der Waals surface area (Å²) >= 11 is 0. The summed E-state index contributed by atoms with van der Waals surface area (Å²) in [5.74, 6) is 0.411. The number of carbonyl (C=O) groups is 2. The number of methoxy groups -OCH3 is 1. The summed E-state index contributed by atoms with van der Waals surface area (Å²) in [6.45, 7) is 9.99. The number of benzene rings is 1. The van der Waals surface area contributed by atoms with E-state index in [0.29, 0.717) is 23.7 Å². The lowest BCUT2D eigenvalue weighted by Gasteiger charge is -2.26. The SMILES string of the molecule is CCCOc1cc(OC(C)C)cc(C(=O)N(CC(=O)OC)C(C)C)c1. The molecular formula is C19H29NO5. The molecule has 0 atom stereocenters. The van der Waals surface area contributed by atoms with E-state index in [4.69, 9.17) is 9.47 Å². The van der Waals surface area contributed by atoms with Crippen LogP contribution in [-0.2, 0) is 9.53 Å². The lowest BCUT2D eigenvalue weighted by atomic mass is 10.1. The van der Waals surface area contributed by atoms with Gasteiger partial charge in [0.1, 0.15) is 18.0 Å². The highest BCUT2D eigenvalue weighted by molar-refractivity contribution is 5.97. The van der Waals surface area contributed by atoms with Crippen LogP contribution in [0.1, 0.15) is 51.4 Å². The zero-order valence-electron chi connectivity index (χ0n) is 16.0. The molecular weight excluding hydrogens is 322 g/mol. The molecule has 6 nitrogen and oxygen atoms in total. The highest BCUT2D eigenvalue weighted by Crippen LogP contribution is 2.25. The fraction of sp³-hybridized carbons (Fsp3) is 0.579. The Morgan fingerprint density at radius 2 is 1.72 bits per heavy atom. The van der Waals surface area contributed by atoms with Gasteiger partial charge in [-0.25, -0.2) is 0 Å². The van der Waals surface area contributed by atoms with Gasteiger partial charge in [-0.05, 0) is 46.2 Å². The van der Waals surface area contributed by atoms with Gasteiger partial charge in [0, 0.05) is 17.7 Å². The summed E-state index contributed by atoms with van der Waals surface area (Å²) < 4.78 is 16.1. The zero-order chi connectivity index (χ0) is 19.0. The summed E-state index contributed by atoms with van der Waals surface area (Å²) in [4.78, 5) is 26.0. The van der Waals surface area contributed by atoms with Crippen LogP contribution in [0, 0.1) is 0 Å². The smallest absolute Gasteiger partial charge is 0.325 e. The van der Waals surface area contributed by atoms with E-state index >= 15 is 0 Å². The van der Waals surface area contributed by atoms with Gasteiger partial charge in [-0.1, -0.05) is 6.92 Å². The molecule has 0 unspecified atom stereocenters. The van der Waals surface area contributed by atoms with E-state index < -0.39 is 5.97 Å². The molecule has 0 heterocycles. The van der Waals surface area contributed by atoms with Crippen molar-refractivity contribution in [3.63, 3.8) is 0 Å². The van der Waals surface area contributed by atoms with Crippen LogP contribution in [0.15, 0.2) is 18.2 Å². The first-order valence-electron chi connectivity index (χ1n) is 8.60. The fourth-order valence-electron chi connectivity index (χ4n) is 2.20. The number of ether oxygens (including phenoxy) is 3. The van der Waals surface area contributed by atoms with Crippen molar-refractivity contribution in [2.45, 2.75) is 53.2 Å². The molecule has 25 heavy (non-hydrogen) atoms. The third kappa shape index (κ3) is 6.64. The quantitative estimate of drug-likeness (QED) is 0.639. The molecule has 0 fully saturated rings. The van der Waals surface area contributed by atoms with Crippen molar-refractivity contribution >= 4 is 11.9 Å². The molecule has 140 valence electrons. The van der Waals surface area contributed by atoms with Crippen molar-refractivity contribution < 1.29 is 23.8 Å². The Morgan fingerprint density at radius 3 is 2.24 bits per heavy atom. The van der Waals surface area contributed by atoms with Crippen LogP contribution >= 0.6 is 0 Å². The summed E-state index contributed by atoms with van der Waals surface area (Å²) in [5.41, 5.74) is 0.418. The molecule has 0 saturated heterocycles. The van der Waals surface area contributed by atoms with E-state index in [1.165, 1.54) is 12.0 Å². The van der Waals surface area contributed by atoms with E-state index in [9.17, 15) is 9.59 Å². The lowest BCUT2D eigenvalue weighted by Crippen LogP contribution is -2.41. The molecule has 1 amide bonds. The summed E-state index contributed by atoms with van der Waals surface area (Å²) in [6, 6.07) is 4.97. The third-order valence-corrected chi connectivity index (χ3v) is 3.38. The van der Waals surface area contributed by atoms with Crippen molar-refractivity contribution in [3.8, 4) is 11.5 Å². The van der Waals surface area contributed by atoms with Crippen molar-refractivity contribution in [1.29, 1.82) is 0 Å². The normalized spacial score (nSPS) is 10.7. The van der Waals surface area contributed by atoms with Crippen molar-refractivity contribution in [2.75, 3.05) is 20.3 Å². The second kappa shape index (κ2) is 9.91. The molecule has 0 bridgehead atoms. The van der Waals surface area contributed by atoms with Crippen LogP contribution in [0.4, 0.5) is 0 Å². The van der Waals surface area contributed by atoms with Gasteiger partial charge in [-0.3, -0.25) is 9.59 Å². The van der Waals surface area contributed by atoms with Gasteiger partial charge < -0.3 is 19.1 Å². The molecule has 0 radical (unpaired) electrons. The molecule has 6 heteroatoms. The Kier molecular flexibility index (Phi) is 8.25. The van der Waals surface area contributed by atoms with E-state index in [2.05, 4.69) is 4.74 Å². The molecule has 0 saturated carbocycles. The first kappa shape index (κ1) is 20.8. The van der Waals surface area contributed by atoms with Crippen LogP contribution < -0.4 is 9.47 Å². The number of hydrogen-bond acceptors (Lipinski definition) is 5. The molecule has 1 aromatic rings. The van der Waals surface area contributed by atoms with Gasteiger partial charge in [0.25, 0.3) is 5.91 Å². The second-order valence-electron chi connectivity index (χ2n) is 6.31. The van der Waals surface area contributed by atoms with E-state index in [1.54, 1.807) is 18.2 Å². The molecule has 1 rings (SSSR count). The number of amides is 1. The van der Waals surface area contributed by atoms with Crippen molar-refractivity contribution in [3.05, 3.63) is 23.8 Å². The minimum Gasteiger partial charge on any atom is -0.493 e. The Bertz CT molecular complexity index is 583. The summed E-state index contributed by atoms with van der Waals surface area (Å²) in [5, 5.41) is 0. The van der Waals surface area contributed by atoms with Gasteiger partial charge in [0.05, 0.1) is 19.8 Å². The molecule has 0 aromatic heterocycles. The minimum absolute atomic E-state index is 0.0272. The second-order valence-corrected chi connectivity index (χ2v) is 6.31. The Morgan fingerprint density at radius 1 is 1.08 bits per heavy atom. The highest BCUT2D eigenvalue weighted by Gasteiger charge is 2.23. The summed E-state index contributed by atoms with van der Waals surface area (Å²) in [7, 11) is 1.30. The topological polar surface area (TPSA) is 65.1 Å². The molecule has 1 aromatic carbocycles. The Balaban J connectivity index is 3.16. The zero-order valence-corrected chi connectivity index (χ0v) is 16.0. The van der Waals surface area contributed by atoms with E-state index in [-0.39, 0.29) is 24.6 Å². The van der Waals surface area contributed by atoms with E-state index in [1.807, 2.05) is 34.6 Å². The minimum atomic E-state index is -0.459. The molecule has 0 spiro atoms. The first-order valence-corrected chi connectivity index (χ1v) is 8.60. The van der Waals surface area contributed by atoms with Crippen LogP contribution in [0.2, 0.25) is 0 Å². The van der Waals surface area contributed by atoms with Gasteiger partial charge >= 0.3 is 5.97 Å². The lowest BCUT2D eigenvalue weighted by molar-refractivity contribution is -0.141. The Labute approximate surface area is 150 Å². The molecule has 0 aliphatic heterocycles. The van der Waals surface area contributed by atoms with Crippen molar-refractivity contribution in [2.24, 2.45) is 0 Å². The predicted molar refractivity (Wildman–Crippen MR) is 96.2 cm³/mol. The Hall–Kier alpha value is -2.24. The van der Waals surface area contributed by atoms with Crippen LogP contribution in [0.25, 0.3) is 0 Å². The number of rotatable bonds is 9. The standard InChI is InChI=1S/C19H29NO5/c1-7-8-24-16-9-15(10-17(11-16)25-14(4)5)19(22)20(13(2)3)12-18(21)23-6/h9-11,13-14H,7-8,12H2,1-6H3. The average molecular weight is 351 g/mol. The highest BCUT2D eigenvalue weighted by atomic mass is 16.5. The van der Waals surface area contributed by atoms with Crippen LogP contribution in [0.3, 0.4) is 0 Å². The maximum absolute atomic E-state index is 12.9. The van der Waals surface area contributed by atoms with Gasteiger partial charge in [0.2, 0.25) is 0 Å². The fourth-order valence-corrected chi connectivity index (χ4v) is 2.20. The van der Waals surface area contributed by atoms with Gasteiger partial charge in [-0.15, -0.1) is 0 Å². The maximum Gasteiger partial charge on any atom is 0.325 e. The number of hydrogen-bond donors (Lipinski definition) is 0.